The molecule has 6 nitrogen and oxygen atoms in total. The van der Waals surface area contributed by atoms with Gasteiger partial charge in [0.25, 0.3) is 0 Å². The van der Waals surface area contributed by atoms with Gasteiger partial charge in [-0.05, 0) is 82.9 Å². The molecule has 0 aromatic heterocycles. The summed E-state index contributed by atoms with van der Waals surface area (Å²) in [4.78, 5) is 11.4. The van der Waals surface area contributed by atoms with Crippen molar-refractivity contribution in [2.24, 2.45) is 0 Å². The summed E-state index contributed by atoms with van der Waals surface area (Å²) in [6.45, 7) is 18.4. The van der Waals surface area contributed by atoms with Gasteiger partial charge in [0.05, 0.1) is 0 Å². The summed E-state index contributed by atoms with van der Waals surface area (Å²) in [6, 6.07) is 8.48. The summed E-state index contributed by atoms with van der Waals surface area (Å²) in [7, 11) is -7.22. The highest BCUT2D eigenvalue weighted by Gasteiger charge is 2.45. The smallest absolute Gasteiger partial charge is 0.322 e. The number of benzene rings is 1. The van der Waals surface area contributed by atoms with Crippen molar-refractivity contribution in [3.05, 3.63) is 29.8 Å². The highest BCUT2D eigenvalue weighted by Crippen LogP contribution is 2.29. The molecule has 172 valence electrons. The van der Waals surface area contributed by atoms with Gasteiger partial charge in [-0.3, -0.25) is 4.79 Å². The average Bonchev–Trinajstić information content (AvgIpc) is 2.52. The van der Waals surface area contributed by atoms with Crippen LogP contribution in [0.25, 0.3) is 0 Å². The second-order valence-corrected chi connectivity index (χ2v) is 25.1. The Balaban J connectivity index is 2.96. The quantitative estimate of drug-likeness (QED) is 0.218. The van der Waals surface area contributed by atoms with E-state index in [2.05, 4.69) is 39.3 Å². The first kappa shape index (κ1) is 27.4. The lowest BCUT2D eigenvalue weighted by Gasteiger charge is -2.41. The monoisotopic (exact) mass is 488 g/mol. The van der Waals surface area contributed by atoms with E-state index < -0.39 is 34.0 Å². The fourth-order valence-corrected chi connectivity index (χ4v) is 20.8. The molecule has 30 heavy (non-hydrogen) atoms. The second-order valence-electron chi connectivity index (χ2n) is 9.61. The zero-order valence-electron chi connectivity index (χ0n) is 20.4. The summed E-state index contributed by atoms with van der Waals surface area (Å²) in [5.74, 6) is 0.316. The van der Waals surface area contributed by atoms with Crippen molar-refractivity contribution in [2.75, 3.05) is 7.11 Å². The standard InChI is InChI=1S/C20H40O6Si4/c1-18(21)23-20-16-12-11-14-19(20)15-13-17-30(10,25-28(6,7)22-2)26-29(8,9)24-27(3,4)5/h11-12,14,16H,13,15,17H2,1-10H3. The third-order valence-corrected chi connectivity index (χ3v) is 18.3. The maximum Gasteiger partial charge on any atom is 0.322 e. The lowest BCUT2D eigenvalue weighted by Crippen LogP contribution is -2.57. The van der Waals surface area contributed by atoms with Gasteiger partial charge in [-0.1, -0.05) is 18.2 Å². The highest BCUT2D eigenvalue weighted by molar-refractivity contribution is 6.88. The van der Waals surface area contributed by atoms with Crippen molar-refractivity contribution < 1.29 is 26.3 Å². The Kier molecular flexibility index (Phi) is 9.89. The third-order valence-electron chi connectivity index (χ3n) is 4.27. The molecule has 0 aliphatic carbocycles. The Morgan fingerprint density at radius 2 is 1.43 bits per heavy atom. The van der Waals surface area contributed by atoms with Crippen molar-refractivity contribution >= 4 is 40.0 Å². The molecule has 0 heterocycles. The Morgan fingerprint density at radius 1 is 0.867 bits per heavy atom. The molecule has 1 aromatic carbocycles. The molecule has 0 spiro atoms. The second kappa shape index (κ2) is 10.8. The van der Waals surface area contributed by atoms with E-state index in [9.17, 15) is 4.79 Å². The highest BCUT2D eigenvalue weighted by atomic mass is 28.5. The number of hydrogen-bond donors (Lipinski definition) is 0. The van der Waals surface area contributed by atoms with Crippen LogP contribution >= 0.6 is 0 Å². The lowest BCUT2D eigenvalue weighted by molar-refractivity contribution is -0.131. The number of hydrogen-bond acceptors (Lipinski definition) is 6. The number of carbonyl (C=O) groups excluding carboxylic acids is 1. The number of carbonyl (C=O) groups is 1. The first-order valence-electron chi connectivity index (χ1n) is 10.5. The Bertz CT molecular complexity index is 705. The van der Waals surface area contributed by atoms with Crippen LogP contribution in [0, 0.1) is 0 Å². The van der Waals surface area contributed by atoms with E-state index in [-0.39, 0.29) is 5.97 Å². The number of para-hydroxylation sites is 1. The van der Waals surface area contributed by atoms with Crippen LogP contribution in [0.2, 0.25) is 58.4 Å². The molecule has 1 aromatic rings. The van der Waals surface area contributed by atoms with Crippen molar-refractivity contribution in [1.29, 1.82) is 0 Å². The zero-order valence-corrected chi connectivity index (χ0v) is 24.4. The predicted molar refractivity (Wildman–Crippen MR) is 131 cm³/mol. The van der Waals surface area contributed by atoms with Crippen LogP contribution < -0.4 is 4.74 Å². The van der Waals surface area contributed by atoms with Gasteiger partial charge in [-0.2, -0.15) is 0 Å². The maximum absolute atomic E-state index is 11.4. The average molecular weight is 489 g/mol. The summed E-state index contributed by atoms with van der Waals surface area (Å²) < 4.78 is 30.7. The van der Waals surface area contributed by atoms with Gasteiger partial charge in [0.1, 0.15) is 5.75 Å². The van der Waals surface area contributed by atoms with Crippen molar-refractivity contribution in [3.63, 3.8) is 0 Å². The van der Waals surface area contributed by atoms with Gasteiger partial charge in [0, 0.05) is 14.0 Å². The number of rotatable bonds is 12. The van der Waals surface area contributed by atoms with Crippen LogP contribution in [-0.2, 0) is 28.0 Å². The van der Waals surface area contributed by atoms with Crippen LogP contribution in [0.1, 0.15) is 18.9 Å². The number of esters is 1. The summed E-state index contributed by atoms with van der Waals surface area (Å²) in [6.07, 6.45) is 1.65. The molecule has 0 radical (unpaired) electrons. The molecule has 0 fully saturated rings. The predicted octanol–water partition coefficient (Wildman–Crippen LogP) is 5.55. The summed E-state index contributed by atoms with van der Waals surface area (Å²) in [5, 5.41) is 0. The van der Waals surface area contributed by atoms with E-state index in [0.717, 1.165) is 24.4 Å². The fraction of sp³-hybridized carbons (Fsp3) is 0.650. The Morgan fingerprint density at radius 3 is 1.97 bits per heavy atom. The van der Waals surface area contributed by atoms with E-state index in [4.69, 9.17) is 21.5 Å². The van der Waals surface area contributed by atoms with Crippen molar-refractivity contribution in [3.8, 4) is 5.75 Å². The topological polar surface area (TPSA) is 63.2 Å². The van der Waals surface area contributed by atoms with Gasteiger partial charge in [0.2, 0.25) is 0 Å². The lowest BCUT2D eigenvalue weighted by atomic mass is 10.1. The summed E-state index contributed by atoms with van der Waals surface area (Å²) in [5.41, 5.74) is 1.02. The van der Waals surface area contributed by atoms with Crippen molar-refractivity contribution in [2.45, 2.75) is 78.2 Å². The normalized spacial score (nSPS) is 15.0. The van der Waals surface area contributed by atoms with Gasteiger partial charge >= 0.3 is 31.7 Å². The molecule has 0 amide bonds. The fourth-order valence-electron chi connectivity index (χ4n) is 3.53. The maximum atomic E-state index is 11.4. The minimum atomic E-state index is -2.56. The van der Waals surface area contributed by atoms with Gasteiger partial charge in [-0.15, -0.1) is 0 Å². The molecule has 10 heteroatoms. The molecule has 0 aliphatic rings. The molecule has 0 N–H and O–H groups in total. The first-order valence-corrected chi connectivity index (χ1v) is 22.0. The van der Waals surface area contributed by atoms with Crippen LogP contribution in [-0.4, -0.2) is 47.1 Å². The molecule has 0 aliphatic heterocycles. The van der Waals surface area contributed by atoms with E-state index >= 15 is 0 Å². The molecular weight excluding hydrogens is 449 g/mol. The third kappa shape index (κ3) is 10.6. The van der Waals surface area contributed by atoms with Crippen LogP contribution in [0.4, 0.5) is 0 Å². The molecular formula is C20H40O6Si4. The van der Waals surface area contributed by atoms with E-state index in [1.807, 2.05) is 37.4 Å². The number of aryl methyl sites for hydroxylation is 1. The van der Waals surface area contributed by atoms with E-state index in [1.54, 1.807) is 7.11 Å². The molecule has 0 bridgehead atoms. The summed E-state index contributed by atoms with van der Waals surface area (Å²) >= 11 is 0. The largest absolute Gasteiger partial charge is 0.437 e. The molecule has 0 saturated heterocycles. The van der Waals surface area contributed by atoms with Gasteiger partial charge in [0.15, 0.2) is 8.32 Å². The number of ether oxygens (including phenoxy) is 1. The van der Waals surface area contributed by atoms with Gasteiger partial charge < -0.3 is 21.5 Å². The van der Waals surface area contributed by atoms with Crippen LogP contribution in [0.5, 0.6) is 5.75 Å². The minimum Gasteiger partial charge on any atom is -0.437 e. The zero-order chi connectivity index (χ0) is 23.2. The van der Waals surface area contributed by atoms with E-state index in [0.29, 0.717) is 5.75 Å². The van der Waals surface area contributed by atoms with E-state index in [1.165, 1.54) is 6.92 Å². The van der Waals surface area contributed by atoms with Crippen LogP contribution in [0.3, 0.4) is 0 Å². The molecule has 1 atom stereocenters. The van der Waals surface area contributed by atoms with Crippen LogP contribution in [0.15, 0.2) is 24.3 Å². The Labute approximate surface area is 187 Å². The molecule has 0 saturated carbocycles. The molecule has 1 rings (SSSR count). The van der Waals surface area contributed by atoms with Crippen molar-refractivity contribution in [1.82, 2.24) is 0 Å². The Hall–Kier alpha value is -0.602. The first-order chi connectivity index (χ1) is 13.6. The molecule has 1 unspecified atom stereocenters. The SMILES string of the molecule is CO[Si](C)(C)O[Si](C)(CCCc1ccccc1OC(C)=O)O[Si](C)(C)O[Si](C)(C)C. The van der Waals surface area contributed by atoms with Gasteiger partial charge in [-0.25, -0.2) is 0 Å². The minimum absolute atomic E-state index is 0.308.